The Morgan fingerprint density at radius 2 is 2.29 bits per heavy atom. The first-order valence-corrected chi connectivity index (χ1v) is 9.09. The van der Waals surface area contributed by atoms with Gasteiger partial charge in [-0.1, -0.05) is 31.7 Å². The molecule has 0 aliphatic carbocycles. The van der Waals surface area contributed by atoms with E-state index in [0.29, 0.717) is 15.5 Å². The topological polar surface area (TPSA) is 72.2 Å². The van der Waals surface area contributed by atoms with E-state index in [9.17, 15) is 8.42 Å². The van der Waals surface area contributed by atoms with Crippen LogP contribution < -0.4 is 10.5 Å². The van der Waals surface area contributed by atoms with Gasteiger partial charge >= 0.3 is 0 Å². The maximum absolute atomic E-state index is 11.4. The van der Waals surface area contributed by atoms with Gasteiger partial charge in [0, 0.05) is 17.2 Å². The lowest BCUT2D eigenvalue weighted by Gasteiger charge is -2.36. The van der Waals surface area contributed by atoms with Gasteiger partial charge in [-0.2, -0.15) is 0 Å². The Labute approximate surface area is 111 Å². The number of primary sulfonamides is 1. The van der Waals surface area contributed by atoms with Gasteiger partial charge in [-0.05, 0) is 13.0 Å². The zero-order chi connectivity index (χ0) is 12.6. The van der Waals surface area contributed by atoms with E-state index in [0.717, 1.165) is 13.0 Å². The Kier molecular flexibility index (Phi) is 4.14. The van der Waals surface area contributed by atoms with E-state index < -0.39 is 10.0 Å². The molecule has 4 unspecified atom stereocenters. The number of thioether (sulfide) groups is 2. The maximum atomic E-state index is 11.4. The number of sulfonamides is 1. The molecule has 0 aromatic rings. The highest BCUT2D eigenvalue weighted by Crippen LogP contribution is 2.51. The molecule has 0 radical (unpaired) electrons. The zero-order valence-electron chi connectivity index (χ0n) is 9.92. The van der Waals surface area contributed by atoms with Crippen molar-refractivity contribution in [1.29, 1.82) is 0 Å². The third-order valence-corrected chi connectivity index (χ3v) is 7.50. The fourth-order valence-electron chi connectivity index (χ4n) is 2.34. The lowest BCUT2D eigenvalue weighted by molar-refractivity contribution is 0.400. The fraction of sp³-hybridized carbons (Fsp3) is 0.800. The van der Waals surface area contributed by atoms with Crippen molar-refractivity contribution in [3.8, 4) is 0 Å². The summed E-state index contributed by atoms with van der Waals surface area (Å²) < 4.78 is 23.4. The lowest BCUT2D eigenvalue weighted by Crippen LogP contribution is -2.43. The van der Waals surface area contributed by atoms with Crippen LogP contribution in [0.15, 0.2) is 10.3 Å². The molecule has 0 saturated carbocycles. The van der Waals surface area contributed by atoms with Crippen molar-refractivity contribution in [1.82, 2.24) is 5.32 Å². The molecule has 17 heavy (non-hydrogen) atoms. The second-order valence-electron chi connectivity index (χ2n) is 4.44. The highest BCUT2D eigenvalue weighted by atomic mass is 32.3. The van der Waals surface area contributed by atoms with Crippen LogP contribution in [0.4, 0.5) is 0 Å². The first-order valence-electron chi connectivity index (χ1n) is 5.72. The van der Waals surface area contributed by atoms with E-state index in [2.05, 4.69) is 19.2 Å². The smallest absolute Gasteiger partial charge is 0.243 e. The van der Waals surface area contributed by atoms with Crippen LogP contribution in [0.3, 0.4) is 0 Å². The summed E-state index contributed by atoms with van der Waals surface area (Å²) in [7, 11) is -3.53. The van der Waals surface area contributed by atoms with Crippen LogP contribution >= 0.6 is 23.5 Å². The number of hydrogen-bond acceptors (Lipinski definition) is 5. The average molecular weight is 294 g/mol. The third kappa shape index (κ3) is 3.01. The monoisotopic (exact) mass is 294 g/mol. The van der Waals surface area contributed by atoms with Gasteiger partial charge < -0.3 is 5.32 Å². The normalized spacial score (nSPS) is 37.7. The van der Waals surface area contributed by atoms with E-state index in [1.165, 1.54) is 11.8 Å². The number of fused-ring (bicyclic) bond motifs is 1. The largest absolute Gasteiger partial charge is 0.314 e. The van der Waals surface area contributed by atoms with E-state index >= 15 is 0 Å². The second-order valence-corrected chi connectivity index (χ2v) is 9.30. The molecule has 1 saturated heterocycles. The molecule has 0 bridgehead atoms. The zero-order valence-corrected chi connectivity index (χ0v) is 12.4. The molecule has 1 fully saturated rings. The predicted molar refractivity (Wildman–Crippen MR) is 75.2 cm³/mol. The number of rotatable bonds is 3. The minimum Gasteiger partial charge on any atom is -0.314 e. The summed E-state index contributed by atoms with van der Waals surface area (Å²) in [6.07, 6.45) is 2.92. The van der Waals surface area contributed by atoms with E-state index in [1.54, 1.807) is 0 Å². The second kappa shape index (κ2) is 5.13. The SMILES string of the molecule is CCNC1CC(C)SC2SC(S(N)(=O)=O)=CC12. The van der Waals surface area contributed by atoms with Crippen molar-refractivity contribution >= 4 is 33.5 Å². The lowest BCUT2D eigenvalue weighted by atomic mass is 9.96. The molecule has 0 amide bonds. The van der Waals surface area contributed by atoms with Gasteiger partial charge in [-0.3, -0.25) is 0 Å². The summed E-state index contributed by atoms with van der Waals surface area (Å²) >= 11 is 3.26. The molecule has 0 aromatic heterocycles. The average Bonchev–Trinajstić information content (AvgIpc) is 2.61. The summed E-state index contributed by atoms with van der Waals surface area (Å²) in [5.74, 6) is 0.273. The molecular formula is C10H18N2O2S3. The molecule has 7 heteroatoms. The molecule has 2 rings (SSSR count). The van der Waals surface area contributed by atoms with Crippen LogP contribution in [0.5, 0.6) is 0 Å². The quantitative estimate of drug-likeness (QED) is 0.821. The summed E-state index contributed by atoms with van der Waals surface area (Å²) in [5, 5.41) is 9.21. The van der Waals surface area contributed by atoms with Gasteiger partial charge in [-0.25, -0.2) is 13.6 Å². The molecule has 0 aromatic carbocycles. The van der Waals surface area contributed by atoms with Gasteiger partial charge in [0.05, 0.1) is 4.58 Å². The van der Waals surface area contributed by atoms with E-state index in [-0.39, 0.29) is 10.5 Å². The minimum atomic E-state index is -3.53. The summed E-state index contributed by atoms with van der Waals surface area (Å²) in [5.41, 5.74) is 0. The number of hydrogen-bond donors (Lipinski definition) is 2. The van der Waals surface area contributed by atoms with Crippen LogP contribution in [0.2, 0.25) is 0 Å². The van der Waals surface area contributed by atoms with Crippen molar-refractivity contribution in [2.75, 3.05) is 6.54 Å². The van der Waals surface area contributed by atoms with Gasteiger partial charge in [-0.15, -0.1) is 11.8 Å². The molecule has 4 atom stereocenters. The van der Waals surface area contributed by atoms with E-state index in [4.69, 9.17) is 5.14 Å². The first kappa shape index (κ1) is 13.7. The van der Waals surface area contributed by atoms with Crippen molar-refractivity contribution in [2.24, 2.45) is 11.1 Å². The van der Waals surface area contributed by atoms with Gasteiger partial charge in [0.25, 0.3) is 0 Å². The van der Waals surface area contributed by atoms with Crippen molar-refractivity contribution < 1.29 is 8.42 Å². The summed E-state index contributed by atoms with van der Waals surface area (Å²) in [4.78, 5) is 0. The molecule has 3 N–H and O–H groups in total. The fourth-order valence-corrected chi connectivity index (χ4v) is 6.93. The Hall–Kier alpha value is 0.310. The number of nitrogens with one attached hydrogen (secondary N) is 1. The van der Waals surface area contributed by atoms with Crippen LogP contribution in [0.25, 0.3) is 0 Å². The molecule has 2 aliphatic heterocycles. The van der Waals surface area contributed by atoms with E-state index in [1.807, 2.05) is 17.8 Å². The van der Waals surface area contributed by atoms with Crippen LogP contribution in [-0.4, -0.2) is 30.8 Å². The summed E-state index contributed by atoms with van der Waals surface area (Å²) in [6.45, 7) is 5.18. The first-order chi connectivity index (χ1) is 7.91. The summed E-state index contributed by atoms with van der Waals surface area (Å²) in [6, 6.07) is 0.369. The molecular weight excluding hydrogens is 276 g/mol. The number of nitrogens with two attached hydrogens (primary N) is 1. The maximum Gasteiger partial charge on any atom is 0.243 e. The van der Waals surface area contributed by atoms with Crippen molar-refractivity contribution in [3.63, 3.8) is 0 Å². The Balaban J connectivity index is 2.20. The van der Waals surface area contributed by atoms with Crippen molar-refractivity contribution in [2.45, 2.75) is 36.1 Å². The molecule has 0 spiro atoms. The molecule has 98 valence electrons. The Morgan fingerprint density at radius 3 is 2.88 bits per heavy atom. The van der Waals surface area contributed by atoms with Crippen LogP contribution in [-0.2, 0) is 10.0 Å². The molecule has 2 aliphatic rings. The highest BCUT2D eigenvalue weighted by Gasteiger charge is 2.42. The minimum absolute atomic E-state index is 0.273. The Bertz CT molecular complexity index is 421. The highest BCUT2D eigenvalue weighted by molar-refractivity contribution is 8.26. The van der Waals surface area contributed by atoms with Gasteiger partial charge in [0.1, 0.15) is 4.24 Å². The van der Waals surface area contributed by atoms with Crippen LogP contribution in [0.1, 0.15) is 20.3 Å². The standard InChI is InChI=1S/C10H18N2O2S3/c1-3-12-8-4-6(2)15-10-7(8)5-9(16-10)17(11,13)14/h5-8,10,12H,3-4H2,1-2H3,(H2,11,13,14). The molecule has 2 heterocycles. The molecule has 4 nitrogen and oxygen atoms in total. The van der Waals surface area contributed by atoms with Crippen molar-refractivity contribution in [3.05, 3.63) is 10.3 Å². The van der Waals surface area contributed by atoms with Gasteiger partial charge in [0.15, 0.2) is 0 Å². The Morgan fingerprint density at radius 1 is 1.59 bits per heavy atom. The third-order valence-electron chi connectivity index (χ3n) is 3.04. The van der Waals surface area contributed by atoms with Gasteiger partial charge in [0.2, 0.25) is 10.0 Å². The van der Waals surface area contributed by atoms with Crippen LogP contribution in [0, 0.1) is 5.92 Å². The predicted octanol–water partition coefficient (Wildman–Crippen LogP) is 1.31.